The summed E-state index contributed by atoms with van der Waals surface area (Å²) in [5, 5.41) is 0. The number of aryl methyl sites for hydroxylation is 2. The van der Waals surface area contributed by atoms with E-state index in [1.54, 1.807) is 19.9 Å². The van der Waals surface area contributed by atoms with E-state index in [-0.39, 0.29) is 49.6 Å². The van der Waals surface area contributed by atoms with Gasteiger partial charge in [0.2, 0.25) is 0 Å². The van der Waals surface area contributed by atoms with Crippen LogP contribution in [0.4, 0.5) is 0 Å². The molecule has 270 valence electrons. The number of rotatable bonds is 4. The zero-order valence-corrected chi connectivity index (χ0v) is 36.9. The molecule has 0 amide bonds. The second-order valence-electron chi connectivity index (χ2n) is 18.1. The minimum atomic E-state index is -2.97. The minimum Gasteiger partial charge on any atom is -1.00 e. The SMILES string of the molecule is Cc1ccc([C](c2ccc(C)cc2)=[Zr+2]([CH]2C=CC=C2)[C]2(C)C3=C4Cc5ccccc5C4=C4C=CCCC4C3(C)C(C)(C)C(C)(C)C2(C)C)cc1.[Cl-].[Cl-]. The molecule has 3 heteroatoms. The van der Waals surface area contributed by atoms with Gasteiger partial charge in [0.25, 0.3) is 0 Å². The van der Waals surface area contributed by atoms with E-state index in [0.29, 0.717) is 9.54 Å². The van der Waals surface area contributed by atoms with Crippen molar-refractivity contribution in [1.29, 1.82) is 0 Å². The fourth-order valence-corrected chi connectivity index (χ4v) is 23.3. The average molecular weight is 807 g/mol. The molecule has 1 fully saturated rings. The Morgan fingerprint density at radius 2 is 1.23 bits per heavy atom. The Hall–Kier alpha value is -2.31. The quantitative estimate of drug-likeness (QED) is 0.267. The van der Waals surface area contributed by atoms with Crippen molar-refractivity contribution < 1.29 is 46.1 Å². The van der Waals surface area contributed by atoms with Gasteiger partial charge in [-0.05, 0) is 0 Å². The van der Waals surface area contributed by atoms with Crippen LogP contribution in [0, 0.1) is 41.4 Å². The smallest absolute Gasteiger partial charge is 1.00 e. The molecule has 0 N–H and O–H groups in total. The minimum absolute atomic E-state index is 0. The van der Waals surface area contributed by atoms with Crippen LogP contribution in [-0.2, 0) is 27.7 Å². The van der Waals surface area contributed by atoms with E-state index in [0.717, 1.165) is 6.42 Å². The van der Waals surface area contributed by atoms with E-state index in [9.17, 15) is 0 Å². The summed E-state index contributed by atoms with van der Waals surface area (Å²) in [6, 6.07) is 28.7. The molecule has 0 aliphatic heterocycles. The predicted octanol–water partition coefficient (Wildman–Crippen LogP) is 6.98. The maximum atomic E-state index is 2.83. The van der Waals surface area contributed by atoms with Gasteiger partial charge in [-0.3, -0.25) is 0 Å². The molecular formula is C49H56Cl2Zr. The first-order chi connectivity index (χ1) is 23.7. The number of hydrogen-bond acceptors (Lipinski definition) is 0. The molecular weight excluding hydrogens is 751 g/mol. The zero-order valence-electron chi connectivity index (χ0n) is 32.9. The number of hydrogen-bond donors (Lipinski definition) is 0. The number of allylic oxidation sites excluding steroid dienone is 10. The Labute approximate surface area is 334 Å². The fraction of sp³-hybridized carbons (Fsp3) is 0.408. The van der Waals surface area contributed by atoms with E-state index in [2.05, 4.69) is 178 Å². The van der Waals surface area contributed by atoms with Crippen molar-refractivity contribution in [3.05, 3.63) is 159 Å². The second-order valence-corrected chi connectivity index (χ2v) is 25.4. The fourth-order valence-electron chi connectivity index (χ4n) is 11.7. The van der Waals surface area contributed by atoms with Crippen molar-refractivity contribution in [2.45, 2.75) is 95.2 Å². The van der Waals surface area contributed by atoms with Gasteiger partial charge in [0.1, 0.15) is 0 Å². The molecule has 3 atom stereocenters. The van der Waals surface area contributed by atoms with Gasteiger partial charge >= 0.3 is 312 Å². The summed E-state index contributed by atoms with van der Waals surface area (Å²) in [6.07, 6.45) is 18.4. The summed E-state index contributed by atoms with van der Waals surface area (Å²) >= 11 is -2.97. The number of fused-ring (bicyclic) bond motifs is 6. The topological polar surface area (TPSA) is 0 Å². The van der Waals surface area contributed by atoms with Gasteiger partial charge in [-0.1, -0.05) is 0 Å². The van der Waals surface area contributed by atoms with Crippen molar-refractivity contribution in [2.75, 3.05) is 0 Å². The first-order valence-corrected chi connectivity index (χ1v) is 23.0. The Morgan fingerprint density at radius 1 is 0.673 bits per heavy atom. The van der Waals surface area contributed by atoms with Crippen LogP contribution in [-0.4, -0.2) is 3.21 Å². The van der Waals surface area contributed by atoms with E-state index in [4.69, 9.17) is 0 Å². The normalized spacial score (nSPS) is 27.1. The number of benzene rings is 3. The van der Waals surface area contributed by atoms with Crippen molar-refractivity contribution in [3.63, 3.8) is 0 Å². The van der Waals surface area contributed by atoms with E-state index in [1.807, 2.05) is 5.57 Å². The van der Waals surface area contributed by atoms with Gasteiger partial charge in [-0.15, -0.1) is 0 Å². The van der Waals surface area contributed by atoms with E-state index in [1.165, 1.54) is 46.2 Å². The van der Waals surface area contributed by atoms with Crippen molar-refractivity contribution in [3.8, 4) is 0 Å². The van der Waals surface area contributed by atoms with Crippen LogP contribution in [0.3, 0.4) is 0 Å². The van der Waals surface area contributed by atoms with Crippen LogP contribution in [0.1, 0.15) is 102 Å². The molecule has 0 radical (unpaired) electrons. The van der Waals surface area contributed by atoms with Crippen molar-refractivity contribution in [1.82, 2.24) is 0 Å². The Balaban J connectivity index is 0.00000232. The van der Waals surface area contributed by atoms with Crippen LogP contribution < -0.4 is 24.8 Å². The first kappa shape index (κ1) is 39.4. The van der Waals surface area contributed by atoms with Gasteiger partial charge in [0.05, 0.1) is 0 Å². The average Bonchev–Trinajstić information content (AvgIpc) is 3.76. The van der Waals surface area contributed by atoms with Gasteiger partial charge < -0.3 is 24.8 Å². The third kappa shape index (κ3) is 5.11. The first-order valence-electron chi connectivity index (χ1n) is 19.1. The van der Waals surface area contributed by atoms with Crippen LogP contribution >= 0.6 is 0 Å². The van der Waals surface area contributed by atoms with Crippen molar-refractivity contribution in [2.24, 2.45) is 27.6 Å². The standard InChI is InChI=1S/C29H37.C15H14.C5H5.2ClH.Zr/c1-18-25-22-17-19-13-9-10-14-20(19)24(22)21-15-11-12-16-23(21)29(25,8)28(6,7)27(4,5)26(18,2)3;1-12-3-7-14(8-4-12)11-15-9-5-13(2)6-10-15;1-2-4-5-3-1;;;/h9-11,13-15,23H,12,16-17H2,1-8H3;3-10H,1-2H3;1-5H;2*1H;/q;;;;;+2/p-2. The monoisotopic (exact) mass is 804 g/mol. The molecule has 5 aliphatic carbocycles. The molecule has 0 aromatic heterocycles. The zero-order chi connectivity index (χ0) is 35.4. The van der Waals surface area contributed by atoms with Gasteiger partial charge in [-0.2, -0.15) is 0 Å². The molecule has 3 unspecified atom stereocenters. The predicted molar refractivity (Wildman–Crippen MR) is 211 cm³/mol. The van der Waals surface area contributed by atoms with E-state index >= 15 is 0 Å². The molecule has 0 bridgehead atoms. The second kappa shape index (κ2) is 13.5. The summed E-state index contributed by atoms with van der Waals surface area (Å²) < 4.78 is 2.15. The van der Waals surface area contributed by atoms with Crippen molar-refractivity contribution >= 4 is 8.78 Å². The third-order valence-electron chi connectivity index (χ3n) is 15.8. The molecule has 0 heterocycles. The summed E-state index contributed by atoms with van der Waals surface area (Å²) in [5.41, 5.74) is 15.4. The molecule has 3 aromatic carbocycles. The van der Waals surface area contributed by atoms with Crippen LogP contribution in [0.5, 0.6) is 0 Å². The molecule has 52 heavy (non-hydrogen) atoms. The summed E-state index contributed by atoms with van der Waals surface area (Å²) in [5.74, 6) is 0.499. The molecule has 5 aliphatic rings. The molecule has 0 nitrogen and oxygen atoms in total. The number of halogens is 2. The molecule has 0 saturated heterocycles. The summed E-state index contributed by atoms with van der Waals surface area (Å²) in [4.78, 5) is 0. The summed E-state index contributed by atoms with van der Waals surface area (Å²) in [7, 11) is 0. The molecule has 1 saturated carbocycles. The largest absolute Gasteiger partial charge is 1.00 e. The Morgan fingerprint density at radius 3 is 1.81 bits per heavy atom. The van der Waals surface area contributed by atoms with Crippen LogP contribution in [0.25, 0.3) is 5.57 Å². The van der Waals surface area contributed by atoms with Gasteiger partial charge in [0.15, 0.2) is 0 Å². The maximum Gasteiger partial charge on any atom is -1.00 e. The maximum absolute atomic E-state index is 2.97. The van der Waals surface area contributed by atoms with Crippen LogP contribution in [0.2, 0.25) is 6.75 Å². The third-order valence-corrected chi connectivity index (χ3v) is 25.9. The molecule has 0 spiro atoms. The molecule has 3 aromatic rings. The van der Waals surface area contributed by atoms with Gasteiger partial charge in [-0.25, -0.2) is 0 Å². The summed E-state index contributed by atoms with van der Waals surface area (Å²) in [6.45, 7) is 26.1. The van der Waals surface area contributed by atoms with Gasteiger partial charge in [0, 0.05) is 0 Å². The van der Waals surface area contributed by atoms with Crippen LogP contribution in [0.15, 0.2) is 126 Å². The molecule has 8 rings (SSSR count). The Kier molecular flexibility index (Phi) is 10.2. The van der Waals surface area contributed by atoms with E-state index < -0.39 is 21.3 Å². The Bertz CT molecular complexity index is 2040.